The Morgan fingerprint density at radius 1 is 1.37 bits per heavy atom. The third kappa shape index (κ3) is 3.44. The molecule has 0 fully saturated rings. The number of anilines is 1. The summed E-state index contributed by atoms with van der Waals surface area (Å²) in [7, 11) is 1.59. The molecule has 8 heteroatoms. The Balaban J connectivity index is 1.59. The lowest BCUT2D eigenvalue weighted by Crippen LogP contribution is -2.11. The molecule has 0 saturated carbocycles. The highest BCUT2D eigenvalue weighted by atomic mass is 32.1. The normalized spacial score (nSPS) is 16.0. The maximum Gasteiger partial charge on any atom is 0.265 e. The van der Waals surface area contributed by atoms with E-state index in [-0.39, 0.29) is 5.91 Å². The molecule has 7 nitrogen and oxygen atoms in total. The number of benzene rings is 1. The summed E-state index contributed by atoms with van der Waals surface area (Å²) in [4.78, 5) is 14.9. The molecule has 1 aliphatic rings. The first-order valence-corrected chi connectivity index (χ1v) is 9.73. The van der Waals surface area contributed by atoms with Crippen molar-refractivity contribution in [3.63, 3.8) is 0 Å². The van der Waals surface area contributed by atoms with E-state index in [1.807, 2.05) is 25.1 Å². The van der Waals surface area contributed by atoms with Gasteiger partial charge in [0, 0.05) is 10.6 Å². The van der Waals surface area contributed by atoms with E-state index in [1.54, 1.807) is 29.2 Å². The Bertz CT molecular complexity index is 994. The summed E-state index contributed by atoms with van der Waals surface area (Å²) >= 11 is 1.60. The van der Waals surface area contributed by atoms with Gasteiger partial charge in [0.05, 0.1) is 12.0 Å². The van der Waals surface area contributed by atoms with Crippen molar-refractivity contribution in [2.45, 2.75) is 33.1 Å². The van der Waals surface area contributed by atoms with Gasteiger partial charge in [-0.25, -0.2) is 0 Å². The van der Waals surface area contributed by atoms with Crippen molar-refractivity contribution in [3.8, 4) is 11.4 Å². The predicted molar refractivity (Wildman–Crippen MR) is 104 cm³/mol. The van der Waals surface area contributed by atoms with Crippen LogP contribution < -0.4 is 10.1 Å². The highest BCUT2D eigenvalue weighted by Crippen LogP contribution is 2.33. The van der Waals surface area contributed by atoms with Gasteiger partial charge < -0.3 is 10.1 Å². The Labute approximate surface area is 161 Å². The molecule has 3 aromatic rings. The van der Waals surface area contributed by atoms with Gasteiger partial charge in [0.25, 0.3) is 5.91 Å². The van der Waals surface area contributed by atoms with Crippen LogP contribution in [0.15, 0.2) is 24.3 Å². The van der Waals surface area contributed by atoms with Gasteiger partial charge >= 0.3 is 0 Å². The molecule has 1 amide bonds. The van der Waals surface area contributed by atoms with Gasteiger partial charge in [0.15, 0.2) is 5.82 Å². The van der Waals surface area contributed by atoms with E-state index in [0.29, 0.717) is 28.9 Å². The minimum atomic E-state index is -0.0911. The fourth-order valence-electron chi connectivity index (χ4n) is 3.40. The number of hydrogen-bond acceptors (Lipinski definition) is 6. The summed E-state index contributed by atoms with van der Waals surface area (Å²) in [5, 5.41) is 14.6. The number of methoxy groups -OCH3 is 1. The monoisotopic (exact) mass is 383 g/mol. The number of nitrogens with one attached hydrogen (secondary N) is 1. The maximum atomic E-state index is 12.8. The number of hydrogen-bond donors (Lipinski definition) is 1. The molecular formula is C19H21N5O2S. The lowest BCUT2D eigenvalue weighted by molar-refractivity contribution is 0.103. The standard InChI is InChI=1S/C19H21N5O2S/c1-11-4-7-17-13(8-11)9-18(27-17)19(25)20-14-5-6-16(26-3)15(10-14)24-12(2)21-22-23-24/h5-6,9-11H,4,7-8H2,1-3H3,(H,20,25). The molecule has 0 saturated heterocycles. The Kier molecular flexibility index (Phi) is 4.65. The molecule has 0 bridgehead atoms. The van der Waals surface area contributed by atoms with Gasteiger partial charge in [-0.2, -0.15) is 4.68 Å². The molecule has 2 aromatic heterocycles. The highest BCUT2D eigenvalue weighted by Gasteiger charge is 2.21. The number of aromatic nitrogens is 4. The lowest BCUT2D eigenvalue weighted by atomic mass is 9.90. The molecule has 1 aliphatic carbocycles. The van der Waals surface area contributed by atoms with E-state index in [0.717, 1.165) is 17.7 Å². The minimum Gasteiger partial charge on any atom is -0.494 e. The SMILES string of the molecule is COc1ccc(NC(=O)c2cc3c(s2)CCC(C)C3)cc1-n1nnnc1C. The quantitative estimate of drug-likeness (QED) is 0.746. The summed E-state index contributed by atoms with van der Waals surface area (Å²) in [5.74, 6) is 1.86. The molecule has 140 valence electrons. The number of rotatable bonds is 4. The average Bonchev–Trinajstić information content (AvgIpc) is 3.27. The first-order valence-electron chi connectivity index (χ1n) is 8.91. The van der Waals surface area contributed by atoms with Crippen LogP contribution in [-0.2, 0) is 12.8 Å². The van der Waals surface area contributed by atoms with Crippen molar-refractivity contribution in [3.05, 3.63) is 45.4 Å². The molecule has 0 aliphatic heterocycles. The van der Waals surface area contributed by atoms with E-state index in [1.165, 1.54) is 16.9 Å². The smallest absolute Gasteiger partial charge is 0.265 e. The first-order chi connectivity index (χ1) is 13.0. The maximum absolute atomic E-state index is 12.8. The summed E-state index contributed by atoms with van der Waals surface area (Å²) in [5.41, 5.74) is 2.67. The fourth-order valence-corrected chi connectivity index (χ4v) is 4.50. The van der Waals surface area contributed by atoms with Gasteiger partial charge in [0.1, 0.15) is 11.4 Å². The van der Waals surface area contributed by atoms with Gasteiger partial charge in [-0.1, -0.05) is 6.92 Å². The molecule has 1 atom stereocenters. The Morgan fingerprint density at radius 3 is 2.96 bits per heavy atom. The third-order valence-electron chi connectivity index (χ3n) is 4.84. The van der Waals surface area contributed by atoms with Crippen LogP contribution in [0.3, 0.4) is 0 Å². The molecule has 1 aromatic carbocycles. The topological polar surface area (TPSA) is 81.9 Å². The van der Waals surface area contributed by atoms with Crippen LogP contribution in [0.5, 0.6) is 5.75 Å². The zero-order chi connectivity index (χ0) is 19.0. The molecule has 1 unspecified atom stereocenters. The second-order valence-electron chi connectivity index (χ2n) is 6.89. The number of tetrazole rings is 1. The van der Waals surface area contributed by atoms with Crippen LogP contribution in [0.25, 0.3) is 5.69 Å². The summed E-state index contributed by atoms with van der Waals surface area (Å²) < 4.78 is 6.99. The largest absolute Gasteiger partial charge is 0.494 e. The number of carbonyl (C=O) groups excluding carboxylic acids is 1. The second-order valence-corrected chi connectivity index (χ2v) is 8.02. The number of thiophene rings is 1. The van der Waals surface area contributed by atoms with Crippen LogP contribution in [0, 0.1) is 12.8 Å². The second kappa shape index (κ2) is 7.11. The average molecular weight is 383 g/mol. The van der Waals surface area contributed by atoms with Gasteiger partial charge in [0.2, 0.25) is 0 Å². The number of amides is 1. The predicted octanol–water partition coefficient (Wildman–Crippen LogP) is 3.42. The molecule has 2 heterocycles. The van der Waals surface area contributed by atoms with Crippen LogP contribution in [0.1, 0.15) is 39.3 Å². The third-order valence-corrected chi connectivity index (χ3v) is 6.08. The fraction of sp³-hybridized carbons (Fsp3) is 0.368. The molecule has 0 radical (unpaired) electrons. The van der Waals surface area contributed by atoms with E-state index in [9.17, 15) is 4.79 Å². The zero-order valence-electron chi connectivity index (χ0n) is 15.5. The zero-order valence-corrected chi connectivity index (χ0v) is 16.3. The van der Waals surface area contributed by atoms with Crippen molar-refractivity contribution in [2.75, 3.05) is 12.4 Å². The van der Waals surface area contributed by atoms with Gasteiger partial charge in [-0.15, -0.1) is 16.4 Å². The van der Waals surface area contributed by atoms with Crippen LogP contribution in [0.2, 0.25) is 0 Å². The lowest BCUT2D eigenvalue weighted by Gasteiger charge is -2.16. The van der Waals surface area contributed by atoms with Crippen molar-refractivity contribution < 1.29 is 9.53 Å². The van der Waals surface area contributed by atoms with Crippen LogP contribution >= 0.6 is 11.3 Å². The van der Waals surface area contributed by atoms with Crippen molar-refractivity contribution >= 4 is 22.9 Å². The minimum absolute atomic E-state index is 0.0911. The number of aryl methyl sites for hydroxylation is 2. The van der Waals surface area contributed by atoms with Crippen LogP contribution in [-0.4, -0.2) is 33.2 Å². The summed E-state index contributed by atoms with van der Waals surface area (Å²) in [6.07, 6.45) is 3.33. The first kappa shape index (κ1) is 17.7. The van der Waals surface area contributed by atoms with Crippen molar-refractivity contribution in [1.82, 2.24) is 20.2 Å². The van der Waals surface area contributed by atoms with E-state index in [2.05, 4.69) is 27.8 Å². The summed E-state index contributed by atoms with van der Waals surface area (Å²) in [6.45, 7) is 4.07. The van der Waals surface area contributed by atoms with Crippen molar-refractivity contribution in [1.29, 1.82) is 0 Å². The number of fused-ring (bicyclic) bond motifs is 1. The molecule has 27 heavy (non-hydrogen) atoms. The Hall–Kier alpha value is -2.74. The highest BCUT2D eigenvalue weighted by molar-refractivity contribution is 7.14. The van der Waals surface area contributed by atoms with Crippen LogP contribution in [0.4, 0.5) is 5.69 Å². The molecule has 0 spiro atoms. The van der Waals surface area contributed by atoms with Crippen molar-refractivity contribution in [2.24, 2.45) is 5.92 Å². The van der Waals surface area contributed by atoms with E-state index < -0.39 is 0 Å². The number of nitrogens with zero attached hydrogens (tertiary/aromatic N) is 4. The number of carbonyl (C=O) groups is 1. The molecular weight excluding hydrogens is 362 g/mol. The number of ether oxygens (including phenoxy) is 1. The Morgan fingerprint density at radius 2 is 2.22 bits per heavy atom. The molecule has 4 rings (SSSR count). The molecule has 1 N–H and O–H groups in total. The van der Waals surface area contributed by atoms with E-state index in [4.69, 9.17) is 4.74 Å². The van der Waals surface area contributed by atoms with E-state index >= 15 is 0 Å². The summed E-state index contributed by atoms with van der Waals surface area (Å²) in [6, 6.07) is 7.47. The van der Waals surface area contributed by atoms with Gasteiger partial charge in [-0.05, 0) is 72.4 Å². The van der Waals surface area contributed by atoms with Gasteiger partial charge in [-0.3, -0.25) is 4.79 Å².